The highest BCUT2D eigenvalue weighted by Crippen LogP contribution is 2.32. The molecule has 4 rings (SSSR count). The molecule has 1 heterocycles. The summed E-state index contributed by atoms with van der Waals surface area (Å²) in [6.07, 6.45) is -3.96. The van der Waals surface area contributed by atoms with E-state index in [4.69, 9.17) is 0 Å². The van der Waals surface area contributed by atoms with Crippen LogP contribution in [-0.2, 0) is 10.0 Å². The molecule has 0 aromatic heterocycles. The Hall–Kier alpha value is -3.51. The van der Waals surface area contributed by atoms with Crippen LogP contribution in [0.2, 0.25) is 0 Å². The molecule has 0 bridgehead atoms. The molecule has 0 unspecified atom stereocenters. The van der Waals surface area contributed by atoms with Crippen LogP contribution < -0.4 is 20.3 Å². The third-order valence-corrected chi connectivity index (χ3v) is 8.05. The zero-order valence-corrected chi connectivity index (χ0v) is 21.1. The van der Waals surface area contributed by atoms with Crippen LogP contribution in [0.4, 0.5) is 29.3 Å². The van der Waals surface area contributed by atoms with Crippen LogP contribution in [0, 0.1) is 0 Å². The number of hydrogen-bond acceptors (Lipinski definition) is 5. The SMILES string of the molecule is CN(C)c1cccc2c(S(=O)(=O)N3CCC(NC(=O)Nc4ccc(OC(F)(F)F)cc4)CC3)cccc12. The van der Waals surface area contributed by atoms with Crippen molar-refractivity contribution in [3.63, 3.8) is 0 Å². The maximum atomic E-state index is 13.5. The molecular weight excluding hydrogens is 509 g/mol. The largest absolute Gasteiger partial charge is 0.573 e. The number of nitrogens with zero attached hydrogens (tertiary/aromatic N) is 2. The molecule has 1 aliphatic heterocycles. The third-order valence-electron chi connectivity index (χ3n) is 6.09. The van der Waals surface area contributed by atoms with Crippen molar-refractivity contribution in [3.8, 4) is 5.75 Å². The fraction of sp³-hybridized carbons (Fsp3) is 0.320. The predicted molar refractivity (Wildman–Crippen MR) is 135 cm³/mol. The molecule has 2 amide bonds. The Balaban J connectivity index is 1.37. The number of fused-ring (bicyclic) bond motifs is 1. The first kappa shape index (κ1) is 26.6. The molecule has 3 aromatic carbocycles. The number of ether oxygens (including phenoxy) is 1. The number of alkyl halides is 3. The maximum absolute atomic E-state index is 13.5. The zero-order chi connectivity index (χ0) is 26.8. The Bertz CT molecular complexity index is 1370. The molecule has 2 N–H and O–H groups in total. The summed E-state index contributed by atoms with van der Waals surface area (Å²) in [6.45, 7) is 0.473. The van der Waals surface area contributed by atoms with Gasteiger partial charge in [-0.05, 0) is 49.2 Å². The second kappa shape index (κ2) is 10.5. The van der Waals surface area contributed by atoms with Crippen LogP contribution in [0.25, 0.3) is 10.8 Å². The Morgan fingerprint density at radius 1 is 0.973 bits per heavy atom. The van der Waals surface area contributed by atoms with E-state index in [1.54, 1.807) is 18.2 Å². The summed E-state index contributed by atoms with van der Waals surface area (Å²) < 4.78 is 69.1. The van der Waals surface area contributed by atoms with Gasteiger partial charge in [-0.2, -0.15) is 4.31 Å². The van der Waals surface area contributed by atoms with Crippen molar-refractivity contribution < 1.29 is 31.1 Å². The topological polar surface area (TPSA) is 91.0 Å². The lowest BCUT2D eigenvalue weighted by molar-refractivity contribution is -0.274. The standard InChI is InChI=1S/C25H27F3N4O4S/c1-31(2)22-7-3-6-21-20(22)5-4-8-23(21)37(34,35)32-15-13-18(14-16-32)30-24(33)29-17-9-11-19(12-10-17)36-25(26,27)28/h3-12,18H,13-16H2,1-2H3,(H2,29,30,33). The average Bonchev–Trinajstić information content (AvgIpc) is 2.83. The molecule has 198 valence electrons. The number of benzene rings is 3. The van der Waals surface area contributed by atoms with Crippen molar-refractivity contribution in [1.82, 2.24) is 9.62 Å². The lowest BCUT2D eigenvalue weighted by Gasteiger charge is -2.32. The van der Waals surface area contributed by atoms with E-state index in [0.717, 1.165) is 23.2 Å². The number of rotatable bonds is 6. The predicted octanol–water partition coefficient (Wildman–Crippen LogP) is 4.78. The molecule has 12 heteroatoms. The van der Waals surface area contributed by atoms with E-state index < -0.39 is 28.2 Å². The number of amides is 2. The van der Waals surface area contributed by atoms with E-state index >= 15 is 0 Å². The first-order valence-electron chi connectivity index (χ1n) is 11.6. The molecule has 8 nitrogen and oxygen atoms in total. The Morgan fingerprint density at radius 3 is 2.22 bits per heavy atom. The highest BCUT2D eigenvalue weighted by atomic mass is 32.2. The van der Waals surface area contributed by atoms with Gasteiger partial charge >= 0.3 is 12.4 Å². The second-order valence-electron chi connectivity index (χ2n) is 8.87. The number of nitrogens with one attached hydrogen (secondary N) is 2. The van der Waals surface area contributed by atoms with Crippen LogP contribution in [0.15, 0.2) is 65.6 Å². The van der Waals surface area contributed by atoms with Gasteiger partial charge in [0.2, 0.25) is 10.0 Å². The molecule has 1 fully saturated rings. The fourth-order valence-electron chi connectivity index (χ4n) is 4.35. The number of carbonyl (C=O) groups is 1. The smallest absolute Gasteiger partial charge is 0.406 e. The van der Waals surface area contributed by atoms with Gasteiger partial charge < -0.3 is 20.3 Å². The molecule has 3 aromatic rings. The van der Waals surface area contributed by atoms with Gasteiger partial charge in [0.25, 0.3) is 0 Å². The number of hydrogen-bond donors (Lipinski definition) is 2. The Kier molecular flexibility index (Phi) is 7.51. The van der Waals surface area contributed by atoms with Crippen LogP contribution >= 0.6 is 0 Å². The van der Waals surface area contributed by atoms with Gasteiger partial charge in [0.05, 0.1) is 4.90 Å². The van der Waals surface area contributed by atoms with E-state index in [2.05, 4.69) is 15.4 Å². The first-order valence-corrected chi connectivity index (χ1v) is 13.0. The van der Waals surface area contributed by atoms with E-state index in [1.807, 2.05) is 37.2 Å². The number of anilines is 2. The molecule has 0 radical (unpaired) electrons. The van der Waals surface area contributed by atoms with Gasteiger partial charge in [0.1, 0.15) is 5.75 Å². The van der Waals surface area contributed by atoms with Crippen molar-refractivity contribution >= 4 is 38.2 Å². The number of piperidine rings is 1. The summed E-state index contributed by atoms with van der Waals surface area (Å²) in [5.41, 5.74) is 1.21. The van der Waals surface area contributed by atoms with E-state index in [-0.39, 0.29) is 24.0 Å². The number of halogens is 3. The summed E-state index contributed by atoms with van der Waals surface area (Å²) in [7, 11) is 0.0539. The van der Waals surface area contributed by atoms with Gasteiger partial charge in [0, 0.05) is 55.4 Å². The van der Waals surface area contributed by atoms with Crippen LogP contribution in [0.5, 0.6) is 5.75 Å². The number of sulfonamides is 1. The van der Waals surface area contributed by atoms with E-state index in [9.17, 15) is 26.4 Å². The number of urea groups is 1. The summed E-state index contributed by atoms with van der Waals surface area (Å²) in [4.78, 5) is 14.5. The zero-order valence-electron chi connectivity index (χ0n) is 20.2. The summed E-state index contributed by atoms with van der Waals surface area (Å²) in [5.74, 6) is -0.392. The quantitative estimate of drug-likeness (QED) is 0.473. The molecule has 1 aliphatic rings. The summed E-state index contributed by atoms with van der Waals surface area (Å²) >= 11 is 0. The molecular formula is C25H27F3N4O4S. The average molecular weight is 537 g/mol. The highest BCUT2D eigenvalue weighted by Gasteiger charge is 2.32. The van der Waals surface area contributed by atoms with Gasteiger partial charge in [-0.25, -0.2) is 13.2 Å². The van der Waals surface area contributed by atoms with Crippen molar-refractivity contribution in [3.05, 3.63) is 60.7 Å². The lowest BCUT2D eigenvalue weighted by atomic mass is 10.1. The molecule has 1 saturated heterocycles. The number of carbonyl (C=O) groups excluding carboxylic acids is 1. The molecule has 0 saturated carbocycles. The Labute approximate surface area is 213 Å². The summed E-state index contributed by atoms with van der Waals surface area (Å²) in [5, 5.41) is 6.85. The van der Waals surface area contributed by atoms with Crippen LogP contribution in [0.3, 0.4) is 0 Å². The van der Waals surface area contributed by atoms with Gasteiger partial charge in [-0.15, -0.1) is 13.2 Å². The van der Waals surface area contributed by atoms with Crippen molar-refractivity contribution in [2.75, 3.05) is 37.4 Å². The fourth-order valence-corrected chi connectivity index (χ4v) is 6.03. The Morgan fingerprint density at radius 2 is 1.59 bits per heavy atom. The minimum Gasteiger partial charge on any atom is -0.406 e. The minimum absolute atomic E-state index is 0.237. The normalized spacial score (nSPS) is 15.4. The first-order chi connectivity index (χ1) is 17.4. The van der Waals surface area contributed by atoms with Crippen LogP contribution in [-0.4, -0.2) is 58.3 Å². The van der Waals surface area contributed by atoms with E-state index in [1.165, 1.54) is 16.4 Å². The highest BCUT2D eigenvalue weighted by molar-refractivity contribution is 7.89. The van der Waals surface area contributed by atoms with Crippen molar-refractivity contribution in [2.45, 2.75) is 30.1 Å². The molecule has 0 aliphatic carbocycles. The van der Waals surface area contributed by atoms with E-state index in [0.29, 0.717) is 23.9 Å². The minimum atomic E-state index is -4.79. The molecule has 0 spiro atoms. The maximum Gasteiger partial charge on any atom is 0.573 e. The monoisotopic (exact) mass is 536 g/mol. The second-order valence-corrected chi connectivity index (χ2v) is 10.8. The van der Waals surface area contributed by atoms with Crippen LogP contribution in [0.1, 0.15) is 12.8 Å². The lowest BCUT2D eigenvalue weighted by Crippen LogP contribution is -2.47. The van der Waals surface area contributed by atoms with Crippen molar-refractivity contribution in [2.24, 2.45) is 0 Å². The van der Waals surface area contributed by atoms with Gasteiger partial charge in [-0.3, -0.25) is 0 Å². The third kappa shape index (κ3) is 6.25. The van der Waals surface area contributed by atoms with Gasteiger partial charge in [0.15, 0.2) is 0 Å². The van der Waals surface area contributed by atoms with Gasteiger partial charge in [-0.1, -0.05) is 24.3 Å². The molecule has 0 atom stereocenters. The van der Waals surface area contributed by atoms with Crippen molar-refractivity contribution in [1.29, 1.82) is 0 Å². The summed E-state index contributed by atoms with van der Waals surface area (Å²) in [6, 6.07) is 14.8. The molecule has 37 heavy (non-hydrogen) atoms.